The molecule has 26 heavy (non-hydrogen) atoms. The van der Waals surface area contributed by atoms with Crippen LogP contribution in [0.3, 0.4) is 0 Å². The second-order valence-electron chi connectivity index (χ2n) is 6.15. The van der Waals surface area contributed by atoms with Crippen molar-refractivity contribution >= 4 is 47.2 Å². The summed E-state index contributed by atoms with van der Waals surface area (Å²) in [6.45, 7) is 6.78. The molecule has 2 rings (SSSR count). The maximum absolute atomic E-state index is 11.8. The first-order valence-corrected chi connectivity index (χ1v) is 10.1. The summed E-state index contributed by atoms with van der Waals surface area (Å²) in [6, 6.07) is 3.72. The molecular weight excluding hydrogens is 463 g/mol. The van der Waals surface area contributed by atoms with Gasteiger partial charge in [-0.15, -0.1) is 35.3 Å². The highest BCUT2D eigenvalue weighted by Gasteiger charge is 2.20. The number of carbonyl (C=O) groups is 1. The van der Waals surface area contributed by atoms with E-state index in [-0.39, 0.29) is 29.9 Å². The molecule has 0 aromatic carbocycles. The fourth-order valence-corrected chi connectivity index (χ4v) is 2.86. The maximum atomic E-state index is 11.8. The molecule has 1 aliphatic carbocycles. The van der Waals surface area contributed by atoms with Crippen LogP contribution >= 0.6 is 35.3 Å². The van der Waals surface area contributed by atoms with Gasteiger partial charge in [0.05, 0.1) is 4.88 Å². The Hall–Kier alpha value is -0.870. The summed E-state index contributed by atoms with van der Waals surface area (Å²) in [7, 11) is 0. The van der Waals surface area contributed by atoms with Crippen LogP contribution in [0.4, 0.5) is 0 Å². The number of guanidine groups is 1. The zero-order valence-electron chi connectivity index (χ0n) is 15.5. The van der Waals surface area contributed by atoms with Crippen LogP contribution in [0.1, 0.15) is 42.3 Å². The molecule has 1 aromatic heterocycles. The number of halogens is 1. The number of thiophene rings is 1. The molecule has 0 bridgehead atoms. The summed E-state index contributed by atoms with van der Waals surface area (Å²) < 4.78 is 5.63. The summed E-state index contributed by atoms with van der Waals surface area (Å²) in [5, 5.41) is 11.4. The molecule has 0 atom stereocenters. The lowest BCUT2D eigenvalue weighted by Crippen LogP contribution is -2.38. The van der Waals surface area contributed by atoms with Crippen LogP contribution in [-0.4, -0.2) is 51.3 Å². The molecule has 0 aliphatic heterocycles. The van der Waals surface area contributed by atoms with Crippen molar-refractivity contribution in [2.45, 2.75) is 32.6 Å². The van der Waals surface area contributed by atoms with Gasteiger partial charge in [-0.1, -0.05) is 6.07 Å². The number of carbonyl (C=O) groups excluding carboxylic acids is 1. The van der Waals surface area contributed by atoms with Gasteiger partial charge in [0.2, 0.25) is 0 Å². The normalized spacial score (nSPS) is 13.8. The second kappa shape index (κ2) is 14.2. The van der Waals surface area contributed by atoms with Crippen molar-refractivity contribution in [2.24, 2.45) is 10.9 Å². The number of ether oxygens (including phenoxy) is 1. The lowest BCUT2D eigenvalue weighted by atomic mass is 10.4. The highest BCUT2D eigenvalue weighted by molar-refractivity contribution is 14.0. The van der Waals surface area contributed by atoms with Gasteiger partial charge in [-0.05, 0) is 50.0 Å². The van der Waals surface area contributed by atoms with Crippen molar-refractivity contribution in [1.29, 1.82) is 0 Å². The average molecular weight is 494 g/mol. The minimum atomic E-state index is -0.00444. The van der Waals surface area contributed by atoms with Crippen LogP contribution in [-0.2, 0) is 4.74 Å². The molecular formula is C18H31IN4O2S. The van der Waals surface area contributed by atoms with E-state index in [4.69, 9.17) is 4.74 Å². The van der Waals surface area contributed by atoms with Crippen LogP contribution < -0.4 is 16.0 Å². The van der Waals surface area contributed by atoms with Gasteiger partial charge < -0.3 is 20.7 Å². The third-order valence-electron chi connectivity index (χ3n) is 3.79. The SMILES string of the molecule is CCNC(=NCCCNC(=O)c1cccs1)NCCCOCC1CC1.I. The predicted molar refractivity (Wildman–Crippen MR) is 119 cm³/mol. The van der Waals surface area contributed by atoms with Crippen molar-refractivity contribution in [3.8, 4) is 0 Å². The van der Waals surface area contributed by atoms with Gasteiger partial charge in [0.1, 0.15) is 0 Å². The van der Waals surface area contributed by atoms with E-state index < -0.39 is 0 Å². The molecule has 0 spiro atoms. The minimum Gasteiger partial charge on any atom is -0.381 e. The van der Waals surface area contributed by atoms with Crippen LogP contribution in [0.15, 0.2) is 22.5 Å². The fraction of sp³-hybridized carbons (Fsp3) is 0.667. The lowest BCUT2D eigenvalue weighted by Gasteiger charge is -2.11. The molecule has 3 N–H and O–H groups in total. The first-order chi connectivity index (χ1) is 12.3. The monoisotopic (exact) mass is 494 g/mol. The Labute approximate surface area is 177 Å². The number of hydrogen-bond donors (Lipinski definition) is 3. The topological polar surface area (TPSA) is 74.8 Å². The number of nitrogens with zero attached hydrogens (tertiary/aromatic N) is 1. The van der Waals surface area contributed by atoms with Crippen LogP contribution in [0.25, 0.3) is 0 Å². The summed E-state index contributed by atoms with van der Waals surface area (Å²) in [5.74, 6) is 1.65. The van der Waals surface area contributed by atoms with E-state index in [2.05, 4.69) is 27.9 Å². The quantitative estimate of drug-likeness (QED) is 0.181. The van der Waals surface area contributed by atoms with Crippen molar-refractivity contribution in [3.63, 3.8) is 0 Å². The summed E-state index contributed by atoms with van der Waals surface area (Å²) in [6.07, 6.45) is 4.47. The predicted octanol–water partition coefficient (Wildman–Crippen LogP) is 2.86. The third-order valence-corrected chi connectivity index (χ3v) is 4.66. The largest absolute Gasteiger partial charge is 0.381 e. The average Bonchev–Trinajstić information content (AvgIpc) is 3.27. The van der Waals surface area contributed by atoms with Crippen LogP contribution in [0.2, 0.25) is 0 Å². The minimum absolute atomic E-state index is 0. The standard InChI is InChI=1S/C18H30N4O2S.HI/c1-2-19-18(22-11-5-12-24-14-15-7-8-15)21-10-4-9-20-17(23)16-6-3-13-25-16;/h3,6,13,15H,2,4-5,7-12,14H2,1H3,(H,20,23)(H2,19,21,22);1H. The number of aliphatic imine (C=N–C) groups is 1. The highest BCUT2D eigenvalue weighted by atomic mass is 127. The Morgan fingerprint density at radius 1 is 1.27 bits per heavy atom. The summed E-state index contributed by atoms with van der Waals surface area (Å²) in [5.41, 5.74) is 0. The summed E-state index contributed by atoms with van der Waals surface area (Å²) >= 11 is 1.46. The van der Waals surface area contributed by atoms with E-state index in [1.54, 1.807) is 0 Å². The van der Waals surface area contributed by atoms with E-state index in [9.17, 15) is 4.79 Å². The number of amides is 1. The van der Waals surface area contributed by atoms with Crippen LogP contribution in [0, 0.1) is 5.92 Å². The zero-order valence-corrected chi connectivity index (χ0v) is 18.6. The molecule has 1 heterocycles. The smallest absolute Gasteiger partial charge is 0.261 e. The molecule has 8 heteroatoms. The van der Waals surface area contributed by atoms with Gasteiger partial charge in [0.25, 0.3) is 5.91 Å². The van der Waals surface area contributed by atoms with E-state index in [1.807, 2.05) is 17.5 Å². The third kappa shape index (κ3) is 10.3. The van der Waals surface area contributed by atoms with Gasteiger partial charge in [-0.2, -0.15) is 0 Å². The van der Waals surface area contributed by atoms with Gasteiger partial charge in [0.15, 0.2) is 5.96 Å². The van der Waals surface area contributed by atoms with E-state index in [0.717, 1.165) is 55.9 Å². The molecule has 0 unspecified atom stereocenters. The van der Waals surface area contributed by atoms with Gasteiger partial charge >= 0.3 is 0 Å². The molecule has 0 radical (unpaired) electrons. The van der Waals surface area contributed by atoms with Crippen molar-refractivity contribution in [3.05, 3.63) is 22.4 Å². The zero-order chi connectivity index (χ0) is 17.7. The van der Waals surface area contributed by atoms with Gasteiger partial charge in [-0.25, -0.2) is 0 Å². The van der Waals surface area contributed by atoms with E-state index >= 15 is 0 Å². The Morgan fingerprint density at radius 2 is 2.08 bits per heavy atom. The molecule has 1 aliphatic rings. The number of rotatable bonds is 12. The van der Waals surface area contributed by atoms with Gasteiger partial charge in [-0.3, -0.25) is 9.79 Å². The van der Waals surface area contributed by atoms with E-state index in [0.29, 0.717) is 13.1 Å². The highest BCUT2D eigenvalue weighted by Crippen LogP contribution is 2.28. The molecule has 1 fully saturated rings. The molecule has 1 amide bonds. The van der Waals surface area contributed by atoms with E-state index in [1.165, 1.54) is 24.2 Å². The first-order valence-electron chi connectivity index (χ1n) is 9.21. The van der Waals surface area contributed by atoms with Crippen molar-refractivity contribution < 1.29 is 9.53 Å². The number of hydrogen-bond acceptors (Lipinski definition) is 4. The second-order valence-corrected chi connectivity index (χ2v) is 7.09. The first kappa shape index (κ1) is 23.2. The Morgan fingerprint density at radius 3 is 2.77 bits per heavy atom. The summed E-state index contributed by atoms with van der Waals surface area (Å²) in [4.78, 5) is 17.1. The van der Waals surface area contributed by atoms with Crippen LogP contribution in [0.5, 0.6) is 0 Å². The molecule has 1 saturated carbocycles. The molecule has 6 nitrogen and oxygen atoms in total. The Kier molecular flexibility index (Phi) is 12.7. The Balaban J connectivity index is 0.00000338. The fourth-order valence-electron chi connectivity index (χ4n) is 2.22. The number of nitrogens with one attached hydrogen (secondary N) is 3. The molecule has 0 saturated heterocycles. The Bertz CT molecular complexity index is 521. The lowest BCUT2D eigenvalue weighted by molar-refractivity contribution is 0.0957. The van der Waals surface area contributed by atoms with Gasteiger partial charge in [0, 0.05) is 39.4 Å². The molecule has 1 aromatic rings. The maximum Gasteiger partial charge on any atom is 0.261 e. The van der Waals surface area contributed by atoms with Crippen molar-refractivity contribution in [1.82, 2.24) is 16.0 Å². The molecule has 148 valence electrons. The van der Waals surface area contributed by atoms with Crippen molar-refractivity contribution in [2.75, 3.05) is 39.4 Å².